The Morgan fingerprint density at radius 3 is 3.21 bits per heavy atom. The Labute approximate surface area is 85.8 Å². The highest BCUT2D eigenvalue weighted by molar-refractivity contribution is 4.95. The van der Waals surface area contributed by atoms with Crippen LogP contribution in [0, 0.1) is 11.3 Å². The standard InChI is InChI=1S/C10H19N3O/c1-2-14-7-3-5-13-6-4-12-9-10(13)8-11/h10,12H,2-7,9H2,1H3. The first-order valence-corrected chi connectivity index (χ1v) is 5.30. The lowest BCUT2D eigenvalue weighted by Crippen LogP contribution is -2.50. The van der Waals surface area contributed by atoms with E-state index in [0.717, 1.165) is 45.8 Å². The second-order valence-corrected chi connectivity index (χ2v) is 3.44. The van der Waals surface area contributed by atoms with Gasteiger partial charge in [0, 0.05) is 39.4 Å². The van der Waals surface area contributed by atoms with Crippen molar-refractivity contribution in [2.75, 3.05) is 39.4 Å². The third kappa shape index (κ3) is 3.62. The van der Waals surface area contributed by atoms with Crippen LogP contribution in [-0.4, -0.2) is 50.3 Å². The molecule has 4 heteroatoms. The maximum absolute atomic E-state index is 8.90. The lowest BCUT2D eigenvalue weighted by Gasteiger charge is -2.31. The summed E-state index contributed by atoms with van der Waals surface area (Å²) in [6, 6.07) is 2.36. The van der Waals surface area contributed by atoms with Gasteiger partial charge in [-0.3, -0.25) is 4.90 Å². The normalized spacial score (nSPS) is 23.3. The van der Waals surface area contributed by atoms with Crippen molar-refractivity contribution in [2.45, 2.75) is 19.4 Å². The molecule has 1 atom stereocenters. The van der Waals surface area contributed by atoms with E-state index in [4.69, 9.17) is 10.00 Å². The Morgan fingerprint density at radius 1 is 1.64 bits per heavy atom. The molecule has 1 heterocycles. The second kappa shape index (κ2) is 6.77. The number of hydrogen-bond acceptors (Lipinski definition) is 4. The number of hydrogen-bond donors (Lipinski definition) is 1. The third-order valence-electron chi connectivity index (χ3n) is 2.44. The average molecular weight is 197 g/mol. The molecule has 1 N–H and O–H groups in total. The molecule has 14 heavy (non-hydrogen) atoms. The molecule has 0 aliphatic carbocycles. The minimum Gasteiger partial charge on any atom is -0.382 e. The Hall–Kier alpha value is -0.630. The Bertz CT molecular complexity index is 190. The van der Waals surface area contributed by atoms with Crippen molar-refractivity contribution in [2.24, 2.45) is 0 Å². The zero-order valence-electron chi connectivity index (χ0n) is 8.83. The van der Waals surface area contributed by atoms with Crippen molar-refractivity contribution >= 4 is 0 Å². The number of nitriles is 1. The minimum atomic E-state index is 0.0466. The third-order valence-corrected chi connectivity index (χ3v) is 2.44. The number of nitrogens with one attached hydrogen (secondary N) is 1. The van der Waals surface area contributed by atoms with E-state index < -0.39 is 0 Å². The van der Waals surface area contributed by atoms with Gasteiger partial charge >= 0.3 is 0 Å². The average Bonchev–Trinajstić information content (AvgIpc) is 2.25. The minimum absolute atomic E-state index is 0.0466. The van der Waals surface area contributed by atoms with Crippen LogP contribution in [0.3, 0.4) is 0 Å². The molecule has 0 saturated carbocycles. The molecule has 0 amide bonds. The molecule has 0 bridgehead atoms. The van der Waals surface area contributed by atoms with Gasteiger partial charge in [0.15, 0.2) is 0 Å². The summed E-state index contributed by atoms with van der Waals surface area (Å²) >= 11 is 0. The van der Waals surface area contributed by atoms with Gasteiger partial charge in [-0.1, -0.05) is 0 Å². The van der Waals surface area contributed by atoms with E-state index in [-0.39, 0.29) is 6.04 Å². The van der Waals surface area contributed by atoms with E-state index in [1.165, 1.54) is 0 Å². The molecule has 80 valence electrons. The van der Waals surface area contributed by atoms with Gasteiger partial charge in [-0.2, -0.15) is 5.26 Å². The molecule has 0 aromatic heterocycles. The highest BCUT2D eigenvalue weighted by atomic mass is 16.5. The number of nitrogens with zero attached hydrogens (tertiary/aromatic N) is 2. The van der Waals surface area contributed by atoms with Crippen molar-refractivity contribution in [3.8, 4) is 6.07 Å². The zero-order chi connectivity index (χ0) is 10.2. The maximum Gasteiger partial charge on any atom is 0.110 e. The summed E-state index contributed by atoms with van der Waals surface area (Å²) < 4.78 is 5.27. The Kier molecular flexibility index (Phi) is 5.53. The molecule has 1 rings (SSSR count). The topological polar surface area (TPSA) is 48.3 Å². The van der Waals surface area contributed by atoms with Crippen molar-refractivity contribution in [3.05, 3.63) is 0 Å². The molecule has 1 fully saturated rings. The summed E-state index contributed by atoms with van der Waals surface area (Å²) in [5, 5.41) is 12.1. The molecule has 1 aliphatic rings. The van der Waals surface area contributed by atoms with Gasteiger partial charge in [-0.25, -0.2) is 0 Å². The lowest BCUT2D eigenvalue weighted by molar-refractivity contribution is 0.121. The Balaban J connectivity index is 2.17. The first-order valence-electron chi connectivity index (χ1n) is 5.30. The molecule has 0 aromatic rings. The van der Waals surface area contributed by atoms with Crippen LogP contribution < -0.4 is 5.32 Å². The van der Waals surface area contributed by atoms with Crippen molar-refractivity contribution in [3.63, 3.8) is 0 Å². The van der Waals surface area contributed by atoms with Crippen LogP contribution >= 0.6 is 0 Å². The van der Waals surface area contributed by atoms with Crippen LogP contribution in [0.4, 0.5) is 0 Å². The Morgan fingerprint density at radius 2 is 2.50 bits per heavy atom. The van der Waals surface area contributed by atoms with Gasteiger partial charge < -0.3 is 10.1 Å². The number of piperazine rings is 1. The van der Waals surface area contributed by atoms with Crippen LogP contribution in [0.25, 0.3) is 0 Å². The molecular formula is C10H19N3O. The summed E-state index contributed by atoms with van der Waals surface area (Å²) in [6.07, 6.45) is 1.02. The van der Waals surface area contributed by atoms with E-state index in [1.807, 2.05) is 6.92 Å². The van der Waals surface area contributed by atoms with Gasteiger partial charge in [0.05, 0.1) is 6.07 Å². The fourth-order valence-corrected chi connectivity index (χ4v) is 1.66. The predicted octanol–water partition coefficient (Wildman–Crippen LogP) is 0.210. The van der Waals surface area contributed by atoms with Crippen LogP contribution in [-0.2, 0) is 4.74 Å². The SMILES string of the molecule is CCOCCCN1CCNCC1C#N. The number of rotatable bonds is 5. The summed E-state index contributed by atoms with van der Waals surface area (Å²) in [5.41, 5.74) is 0. The number of ether oxygens (including phenoxy) is 1. The second-order valence-electron chi connectivity index (χ2n) is 3.44. The van der Waals surface area contributed by atoms with Gasteiger partial charge in [-0.15, -0.1) is 0 Å². The van der Waals surface area contributed by atoms with E-state index in [2.05, 4.69) is 16.3 Å². The summed E-state index contributed by atoms with van der Waals surface area (Å²) in [6.45, 7) is 7.33. The largest absolute Gasteiger partial charge is 0.382 e. The molecule has 1 unspecified atom stereocenters. The van der Waals surface area contributed by atoms with Gasteiger partial charge in [0.2, 0.25) is 0 Å². The van der Waals surface area contributed by atoms with E-state index in [9.17, 15) is 0 Å². The van der Waals surface area contributed by atoms with E-state index in [0.29, 0.717) is 0 Å². The zero-order valence-corrected chi connectivity index (χ0v) is 8.83. The van der Waals surface area contributed by atoms with Crippen LogP contribution in [0.15, 0.2) is 0 Å². The fourth-order valence-electron chi connectivity index (χ4n) is 1.66. The van der Waals surface area contributed by atoms with Gasteiger partial charge in [0.25, 0.3) is 0 Å². The maximum atomic E-state index is 8.90. The molecule has 0 spiro atoms. The molecule has 0 aromatic carbocycles. The smallest absolute Gasteiger partial charge is 0.110 e. The van der Waals surface area contributed by atoms with Crippen LogP contribution in [0.2, 0.25) is 0 Å². The van der Waals surface area contributed by atoms with Crippen molar-refractivity contribution in [1.82, 2.24) is 10.2 Å². The lowest BCUT2D eigenvalue weighted by atomic mass is 10.2. The molecular weight excluding hydrogens is 178 g/mol. The summed E-state index contributed by atoms with van der Waals surface area (Å²) in [7, 11) is 0. The van der Waals surface area contributed by atoms with Gasteiger partial charge in [-0.05, 0) is 13.3 Å². The molecule has 4 nitrogen and oxygen atoms in total. The monoisotopic (exact) mass is 197 g/mol. The molecule has 0 radical (unpaired) electrons. The van der Waals surface area contributed by atoms with Gasteiger partial charge in [0.1, 0.15) is 6.04 Å². The first kappa shape index (κ1) is 11.4. The predicted molar refractivity (Wildman–Crippen MR) is 55.0 cm³/mol. The van der Waals surface area contributed by atoms with Crippen molar-refractivity contribution in [1.29, 1.82) is 5.26 Å². The fraction of sp³-hybridized carbons (Fsp3) is 0.900. The molecule has 1 aliphatic heterocycles. The van der Waals surface area contributed by atoms with Crippen molar-refractivity contribution < 1.29 is 4.74 Å². The molecule has 1 saturated heterocycles. The van der Waals surface area contributed by atoms with E-state index >= 15 is 0 Å². The van der Waals surface area contributed by atoms with Crippen LogP contribution in [0.1, 0.15) is 13.3 Å². The summed E-state index contributed by atoms with van der Waals surface area (Å²) in [4.78, 5) is 2.23. The van der Waals surface area contributed by atoms with E-state index in [1.54, 1.807) is 0 Å². The quantitative estimate of drug-likeness (QED) is 0.640. The highest BCUT2D eigenvalue weighted by Crippen LogP contribution is 2.02. The summed E-state index contributed by atoms with van der Waals surface area (Å²) in [5.74, 6) is 0. The first-order chi connectivity index (χ1) is 6.88. The highest BCUT2D eigenvalue weighted by Gasteiger charge is 2.20. The van der Waals surface area contributed by atoms with Crippen LogP contribution in [0.5, 0.6) is 0 Å².